The van der Waals surface area contributed by atoms with Crippen molar-refractivity contribution < 1.29 is 14.4 Å². The molecule has 1 aliphatic rings. The number of aldehydes is 1. The summed E-state index contributed by atoms with van der Waals surface area (Å²) < 4.78 is 0. The predicted octanol–water partition coefficient (Wildman–Crippen LogP) is -1.62. The Kier molecular flexibility index (Phi) is 6.33. The van der Waals surface area contributed by atoms with Crippen LogP contribution in [-0.2, 0) is 14.4 Å². The van der Waals surface area contributed by atoms with E-state index in [0.717, 1.165) is 0 Å². The predicted molar refractivity (Wildman–Crippen MR) is 76.2 cm³/mol. The molecule has 0 bridgehead atoms. The minimum atomic E-state index is -1.10. The molecule has 0 radical (unpaired) electrons. The molecule has 0 spiro atoms. The van der Waals surface area contributed by atoms with Crippen LogP contribution in [-0.4, -0.2) is 71.7 Å². The van der Waals surface area contributed by atoms with Crippen LogP contribution in [0.25, 0.3) is 0 Å². The number of nitrogens with zero attached hydrogens (tertiary/aromatic N) is 3. The van der Waals surface area contributed by atoms with Gasteiger partial charge in [0.05, 0.1) is 33.0 Å². The summed E-state index contributed by atoms with van der Waals surface area (Å²) in [7, 11) is 0. The molecule has 1 fully saturated rings. The molecule has 6 heteroatoms. The summed E-state index contributed by atoms with van der Waals surface area (Å²) in [5, 5.41) is 0. The van der Waals surface area contributed by atoms with Crippen molar-refractivity contribution in [1.82, 2.24) is 14.7 Å². The molecule has 0 aromatic carbocycles. The van der Waals surface area contributed by atoms with Gasteiger partial charge in [0.1, 0.15) is 6.17 Å². The van der Waals surface area contributed by atoms with Crippen LogP contribution in [0.15, 0.2) is 0 Å². The minimum Gasteiger partial charge on any atom is -0.294 e. The molecule has 0 aromatic rings. The Labute approximate surface area is 124 Å². The highest BCUT2D eigenvalue weighted by atomic mass is 16.2. The van der Waals surface area contributed by atoms with E-state index in [1.165, 1.54) is 0 Å². The fraction of sp³-hybridized carbons (Fsp3) is 0.400. The molecule has 1 rings (SSSR count). The van der Waals surface area contributed by atoms with Crippen molar-refractivity contribution >= 4 is 17.9 Å². The van der Waals surface area contributed by atoms with Gasteiger partial charge in [-0.15, -0.1) is 19.3 Å². The lowest BCUT2D eigenvalue weighted by Crippen LogP contribution is -2.65. The van der Waals surface area contributed by atoms with Gasteiger partial charge < -0.3 is 0 Å². The first-order valence-electron chi connectivity index (χ1n) is 6.13. The zero-order valence-electron chi connectivity index (χ0n) is 11.5. The average molecular weight is 285 g/mol. The smallest absolute Gasteiger partial charge is 0.264 e. The fourth-order valence-corrected chi connectivity index (χ4v) is 2.20. The van der Waals surface area contributed by atoms with Gasteiger partial charge in [-0.3, -0.25) is 29.1 Å². The van der Waals surface area contributed by atoms with Crippen LogP contribution in [0.3, 0.4) is 0 Å². The highest BCUT2D eigenvalue weighted by molar-refractivity contribution is 6.58. The Morgan fingerprint density at radius 3 is 1.86 bits per heavy atom. The van der Waals surface area contributed by atoms with Gasteiger partial charge in [0, 0.05) is 0 Å². The van der Waals surface area contributed by atoms with Crippen molar-refractivity contribution in [3.05, 3.63) is 0 Å². The summed E-state index contributed by atoms with van der Waals surface area (Å²) in [5.41, 5.74) is 0. The van der Waals surface area contributed by atoms with Crippen LogP contribution in [0.1, 0.15) is 0 Å². The van der Waals surface area contributed by atoms with Gasteiger partial charge in [-0.2, -0.15) is 0 Å². The maximum Gasteiger partial charge on any atom is 0.264 e. The highest BCUT2D eigenvalue weighted by Crippen LogP contribution is 2.15. The second kappa shape index (κ2) is 7.99. The molecule has 1 aliphatic heterocycles. The topological polar surface area (TPSA) is 60.9 Å². The van der Waals surface area contributed by atoms with Crippen molar-refractivity contribution in [3.63, 3.8) is 0 Å². The molecule has 0 aromatic heterocycles. The molecule has 0 aliphatic carbocycles. The van der Waals surface area contributed by atoms with Crippen LogP contribution in [0.2, 0.25) is 0 Å². The standard InChI is InChI=1S/C15H15N3O3/c1-4-7-16-11-17(8-5-2)15(14(21)13(20)10-19)18(12-16)9-6-3/h1-3,10,15H,7-9,11-12H2. The van der Waals surface area contributed by atoms with E-state index in [2.05, 4.69) is 17.8 Å². The first kappa shape index (κ1) is 16.6. The van der Waals surface area contributed by atoms with E-state index < -0.39 is 17.7 Å². The molecule has 1 saturated heterocycles. The summed E-state index contributed by atoms with van der Waals surface area (Å²) >= 11 is 0. The number of carbonyl (C=O) groups is 3. The normalized spacial score (nSPS) is 17.4. The minimum absolute atomic E-state index is 0.00173. The zero-order chi connectivity index (χ0) is 15.8. The largest absolute Gasteiger partial charge is 0.294 e. The molecule has 6 nitrogen and oxygen atoms in total. The fourth-order valence-electron chi connectivity index (χ4n) is 2.20. The van der Waals surface area contributed by atoms with E-state index in [-0.39, 0.29) is 19.4 Å². The number of rotatable bonds is 6. The first-order valence-corrected chi connectivity index (χ1v) is 6.13. The van der Waals surface area contributed by atoms with Crippen molar-refractivity contribution in [2.45, 2.75) is 6.17 Å². The van der Waals surface area contributed by atoms with Crippen LogP contribution in [0.4, 0.5) is 0 Å². The monoisotopic (exact) mass is 285 g/mol. The van der Waals surface area contributed by atoms with Crippen molar-refractivity contribution in [1.29, 1.82) is 0 Å². The second-order valence-corrected chi connectivity index (χ2v) is 4.44. The van der Waals surface area contributed by atoms with Crippen LogP contribution < -0.4 is 0 Å². The number of Topliss-reactive ketones (excluding diaryl/α,β-unsaturated/α-hetero) is 2. The molecule has 0 atom stereocenters. The van der Waals surface area contributed by atoms with E-state index in [1.54, 1.807) is 9.80 Å². The van der Waals surface area contributed by atoms with Crippen LogP contribution in [0, 0.1) is 37.0 Å². The molecular formula is C15H15N3O3. The van der Waals surface area contributed by atoms with Crippen LogP contribution >= 0.6 is 0 Å². The van der Waals surface area contributed by atoms with Gasteiger partial charge in [0.15, 0.2) is 6.29 Å². The summed E-state index contributed by atoms with van der Waals surface area (Å²) in [6.45, 7) is 1.25. The molecule has 0 unspecified atom stereocenters. The Balaban J connectivity index is 3.07. The molecule has 1 heterocycles. The second-order valence-electron chi connectivity index (χ2n) is 4.44. The maximum absolute atomic E-state index is 12.1. The third kappa shape index (κ3) is 4.02. The van der Waals surface area contributed by atoms with Crippen LogP contribution in [0.5, 0.6) is 0 Å². The third-order valence-corrected chi connectivity index (χ3v) is 2.94. The SMILES string of the molecule is C#CCN1CN(CC#C)C(C(=O)C(=O)C=O)N(CC#C)C1. The van der Waals surface area contributed by atoms with Gasteiger partial charge in [-0.1, -0.05) is 17.8 Å². The number of carbonyl (C=O) groups excluding carboxylic acids is 3. The quantitative estimate of drug-likeness (QED) is 0.253. The lowest BCUT2D eigenvalue weighted by Gasteiger charge is -2.45. The summed E-state index contributed by atoms with van der Waals surface area (Å²) in [6, 6.07) is 0. The first-order chi connectivity index (χ1) is 10.1. The lowest BCUT2D eigenvalue weighted by molar-refractivity contribution is -0.152. The van der Waals surface area contributed by atoms with E-state index in [1.807, 2.05) is 4.90 Å². The van der Waals surface area contributed by atoms with Gasteiger partial charge >= 0.3 is 0 Å². The molecule has 108 valence electrons. The Bertz CT molecular complexity index is 524. The van der Waals surface area contributed by atoms with Gasteiger partial charge in [0.25, 0.3) is 5.78 Å². The number of ketones is 2. The summed E-state index contributed by atoms with van der Waals surface area (Å²) in [5.74, 6) is 5.41. The highest BCUT2D eigenvalue weighted by Gasteiger charge is 2.39. The van der Waals surface area contributed by atoms with Gasteiger partial charge in [-0.25, -0.2) is 0 Å². The van der Waals surface area contributed by atoms with E-state index in [4.69, 9.17) is 19.3 Å². The molecule has 0 amide bonds. The van der Waals surface area contributed by atoms with E-state index in [9.17, 15) is 14.4 Å². The Morgan fingerprint density at radius 1 is 1.00 bits per heavy atom. The van der Waals surface area contributed by atoms with Crippen molar-refractivity contribution in [2.24, 2.45) is 0 Å². The Morgan fingerprint density at radius 2 is 1.48 bits per heavy atom. The number of hydrogen-bond acceptors (Lipinski definition) is 6. The molecule has 0 saturated carbocycles. The zero-order valence-corrected chi connectivity index (χ0v) is 11.5. The Hall–Kier alpha value is -2.43. The van der Waals surface area contributed by atoms with E-state index in [0.29, 0.717) is 19.9 Å². The lowest BCUT2D eigenvalue weighted by atomic mass is 10.1. The van der Waals surface area contributed by atoms with E-state index >= 15 is 0 Å². The van der Waals surface area contributed by atoms with Crippen molar-refractivity contribution in [3.8, 4) is 37.0 Å². The van der Waals surface area contributed by atoms with Gasteiger partial charge in [0.2, 0.25) is 5.78 Å². The molecule has 21 heavy (non-hydrogen) atoms. The molecular weight excluding hydrogens is 270 g/mol. The maximum atomic E-state index is 12.1. The number of terminal acetylenes is 3. The summed E-state index contributed by atoms with van der Waals surface area (Å²) in [6.07, 6.45) is 14.9. The van der Waals surface area contributed by atoms with Gasteiger partial charge in [-0.05, 0) is 0 Å². The summed E-state index contributed by atoms with van der Waals surface area (Å²) in [4.78, 5) is 39.1. The number of hydrogen-bond donors (Lipinski definition) is 0. The third-order valence-electron chi connectivity index (χ3n) is 2.94. The molecule has 0 N–H and O–H groups in total. The van der Waals surface area contributed by atoms with Crippen molar-refractivity contribution in [2.75, 3.05) is 33.0 Å². The average Bonchev–Trinajstić information content (AvgIpc) is 2.47.